The van der Waals surface area contributed by atoms with E-state index in [1.54, 1.807) is 0 Å². The van der Waals surface area contributed by atoms with Crippen molar-refractivity contribution in [1.82, 2.24) is 10.2 Å². The fourth-order valence-corrected chi connectivity index (χ4v) is 2.66. The fourth-order valence-electron chi connectivity index (χ4n) is 2.46. The van der Waals surface area contributed by atoms with Gasteiger partial charge in [0.25, 0.3) is 5.91 Å². The second-order valence-corrected chi connectivity index (χ2v) is 5.98. The van der Waals surface area contributed by atoms with Crippen LogP contribution in [-0.2, 0) is 4.79 Å². The highest BCUT2D eigenvalue weighted by molar-refractivity contribution is 7.81. The average Bonchev–Trinajstić information content (AvgIpc) is 2.97. The Labute approximate surface area is 132 Å². The summed E-state index contributed by atoms with van der Waals surface area (Å²) in [7, 11) is 0. The summed E-state index contributed by atoms with van der Waals surface area (Å²) in [5.41, 5.74) is 1.41. The summed E-state index contributed by atoms with van der Waals surface area (Å²) >= 11 is 4.25. The van der Waals surface area contributed by atoms with Gasteiger partial charge in [-0.05, 0) is 57.0 Å². The van der Waals surface area contributed by atoms with Gasteiger partial charge in [0, 0.05) is 13.1 Å². The van der Waals surface area contributed by atoms with Gasteiger partial charge in [-0.3, -0.25) is 4.79 Å². The summed E-state index contributed by atoms with van der Waals surface area (Å²) in [5, 5.41) is 2.88. The molecule has 1 heterocycles. The largest absolute Gasteiger partial charge is 0.470 e. The van der Waals surface area contributed by atoms with Crippen LogP contribution in [0.25, 0.3) is 0 Å². The smallest absolute Gasteiger partial charge is 0.271 e. The molecule has 1 aliphatic heterocycles. The molecule has 1 aromatic rings. The number of nitrogens with zero attached hydrogens (tertiary/aromatic N) is 1. The molecule has 0 saturated carbocycles. The summed E-state index contributed by atoms with van der Waals surface area (Å²) < 4.78 is 5.65. The zero-order chi connectivity index (χ0) is 15.2. The minimum atomic E-state index is -0.774. The summed E-state index contributed by atoms with van der Waals surface area (Å²) in [6.45, 7) is 7.82. The number of thiol groups is 1. The number of benzene rings is 1. The molecule has 1 atom stereocenters. The number of ether oxygens (including phenoxy) is 1. The maximum Gasteiger partial charge on any atom is 0.271 e. The summed E-state index contributed by atoms with van der Waals surface area (Å²) in [6, 6.07) is 5.80. The Morgan fingerprint density at radius 1 is 1.38 bits per heavy atom. The van der Waals surface area contributed by atoms with E-state index in [1.165, 1.54) is 12.8 Å². The molecule has 4 nitrogen and oxygen atoms in total. The minimum Gasteiger partial charge on any atom is -0.470 e. The highest BCUT2D eigenvalue weighted by atomic mass is 32.1. The maximum absolute atomic E-state index is 12.0. The van der Waals surface area contributed by atoms with Crippen LogP contribution in [0, 0.1) is 13.8 Å². The number of likely N-dealkylation sites (tertiary alicyclic amines) is 1. The van der Waals surface area contributed by atoms with Crippen LogP contribution in [0.15, 0.2) is 18.2 Å². The second-order valence-electron chi connectivity index (χ2n) is 5.51. The predicted octanol–water partition coefficient (Wildman–Crippen LogP) is 2.15. The van der Waals surface area contributed by atoms with Crippen molar-refractivity contribution in [2.75, 3.05) is 26.2 Å². The standard InChI is InChI=1S/C16H24N2O2S/c1-12-6-5-7-14(13(12)2)20-16(21)15(19)17-8-11-18-9-3-4-10-18/h5-7,16,21H,3-4,8-11H2,1-2H3,(H,17,19). The lowest BCUT2D eigenvalue weighted by molar-refractivity contribution is -0.124. The van der Waals surface area contributed by atoms with Gasteiger partial charge in [0.1, 0.15) is 5.75 Å². The van der Waals surface area contributed by atoms with E-state index in [-0.39, 0.29) is 5.91 Å². The first-order valence-corrected chi connectivity index (χ1v) is 8.00. The first-order chi connectivity index (χ1) is 10.1. The minimum absolute atomic E-state index is 0.182. The van der Waals surface area contributed by atoms with Crippen LogP contribution < -0.4 is 10.1 Å². The van der Waals surface area contributed by atoms with Gasteiger partial charge in [-0.25, -0.2) is 0 Å². The van der Waals surface area contributed by atoms with Crippen molar-refractivity contribution in [2.24, 2.45) is 0 Å². The third-order valence-corrected chi connectivity index (χ3v) is 4.28. The van der Waals surface area contributed by atoms with Crippen LogP contribution in [0.5, 0.6) is 5.75 Å². The Balaban J connectivity index is 1.77. The second kappa shape index (κ2) is 7.71. The SMILES string of the molecule is Cc1cccc(OC(S)C(=O)NCCN2CCCC2)c1C. The molecular formula is C16H24N2O2S. The van der Waals surface area contributed by atoms with Crippen molar-refractivity contribution in [3.05, 3.63) is 29.3 Å². The maximum atomic E-state index is 12.0. The van der Waals surface area contributed by atoms with Crippen molar-refractivity contribution in [1.29, 1.82) is 0 Å². The Kier molecular flexibility index (Phi) is 5.94. The van der Waals surface area contributed by atoms with Crippen molar-refractivity contribution < 1.29 is 9.53 Å². The number of nitrogens with one attached hydrogen (secondary N) is 1. The molecule has 21 heavy (non-hydrogen) atoms. The summed E-state index contributed by atoms with van der Waals surface area (Å²) in [4.78, 5) is 14.3. The molecule has 1 unspecified atom stereocenters. The quantitative estimate of drug-likeness (QED) is 0.625. The molecule has 1 aliphatic rings. The van der Waals surface area contributed by atoms with Crippen LogP contribution in [0.4, 0.5) is 0 Å². The van der Waals surface area contributed by atoms with E-state index < -0.39 is 5.44 Å². The lowest BCUT2D eigenvalue weighted by Crippen LogP contribution is -2.39. The van der Waals surface area contributed by atoms with E-state index in [4.69, 9.17) is 4.74 Å². The van der Waals surface area contributed by atoms with Crippen molar-refractivity contribution >= 4 is 18.5 Å². The predicted molar refractivity (Wildman–Crippen MR) is 88.0 cm³/mol. The van der Waals surface area contributed by atoms with Crippen LogP contribution in [0.2, 0.25) is 0 Å². The molecule has 0 aliphatic carbocycles. The molecule has 0 radical (unpaired) electrons. The van der Waals surface area contributed by atoms with Gasteiger partial charge in [-0.2, -0.15) is 0 Å². The van der Waals surface area contributed by atoms with Gasteiger partial charge in [-0.15, -0.1) is 12.6 Å². The molecule has 1 saturated heterocycles. The Morgan fingerprint density at radius 2 is 2.10 bits per heavy atom. The summed E-state index contributed by atoms with van der Waals surface area (Å²) in [5.74, 6) is 0.531. The molecule has 1 N–H and O–H groups in total. The Hall–Kier alpha value is -1.20. The molecule has 2 rings (SSSR count). The van der Waals surface area contributed by atoms with E-state index in [2.05, 4.69) is 22.8 Å². The van der Waals surface area contributed by atoms with Gasteiger partial charge in [-0.1, -0.05) is 12.1 Å². The molecule has 0 aromatic heterocycles. The van der Waals surface area contributed by atoms with Crippen molar-refractivity contribution in [2.45, 2.75) is 32.1 Å². The van der Waals surface area contributed by atoms with Crippen molar-refractivity contribution in [3.8, 4) is 5.75 Å². The number of aryl methyl sites for hydroxylation is 1. The van der Waals surface area contributed by atoms with Crippen LogP contribution in [-0.4, -0.2) is 42.4 Å². The lowest BCUT2D eigenvalue weighted by Gasteiger charge is -2.18. The molecule has 1 fully saturated rings. The average molecular weight is 308 g/mol. The Bertz CT molecular complexity index is 487. The van der Waals surface area contributed by atoms with E-state index in [9.17, 15) is 4.79 Å². The number of carbonyl (C=O) groups excluding carboxylic acids is 1. The zero-order valence-corrected chi connectivity index (χ0v) is 13.7. The third-order valence-electron chi connectivity index (χ3n) is 3.94. The first-order valence-electron chi connectivity index (χ1n) is 7.49. The zero-order valence-electron chi connectivity index (χ0n) is 12.8. The van der Waals surface area contributed by atoms with E-state index in [1.807, 2.05) is 32.0 Å². The fraction of sp³-hybridized carbons (Fsp3) is 0.562. The first kappa shape index (κ1) is 16.2. The van der Waals surface area contributed by atoms with Gasteiger partial charge in [0.05, 0.1) is 0 Å². The number of rotatable bonds is 6. The number of carbonyl (C=O) groups is 1. The molecule has 5 heteroatoms. The lowest BCUT2D eigenvalue weighted by atomic mass is 10.1. The van der Waals surface area contributed by atoms with Crippen LogP contribution in [0.3, 0.4) is 0 Å². The molecular weight excluding hydrogens is 284 g/mol. The monoisotopic (exact) mass is 308 g/mol. The third kappa shape index (κ3) is 4.64. The normalized spacial score (nSPS) is 16.7. The molecule has 116 valence electrons. The summed E-state index contributed by atoms with van der Waals surface area (Å²) in [6.07, 6.45) is 2.53. The van der Waals surface area contributed by atoms with E-state index in [0.29, 0.717) is 12.3 Å². The van der Waals surface area contributed by atoms with Gasteiger partial charge in [0.15, 0.2) is 0 Å². The van der Waals surface area contributed by atoms with Crippen LogP contribution >= 0.6 is 12.6 Å². The highest BCUT2D eigenvalue weighted by Gasteiger charge is 2.17. The number of hydrogen-bond donors (Lipinski definition) is 2. The number of hydrogen-bond acceptors (Lipinski definition) is 4. The van der Waals surface area contributed by atoms with E-state index in [0.717, 1.165) is 30.8 Å². The number of amides is 1. The van der Waals surface area contributed by atoms with E-state index >= 15 is 0 Å². The van der Waals surface area contributed by atoms with Gasteiger partial charge < -0.3 is 15.0 Å². The molecule has 1 aromatic carbocycles. The molecule has 0 bridgehead atoms. The van der Waals surface area contributed by atoms with Gasteiger partial charge in [0.2, 0.25) is 5.44 Å². The van der Waals surface area contributed by atoms with Crippen molar-refractivity contribution in [3.63, 3.8) is 0 Å². The van der Waals surface area contributed by atoms with Gasteiger partial charge >= 0.3 is 0 Å². The molecule has 0 spiro atoms. The van der Waals surface area contributed by atoms with Crippen LogP contribution in [0.1, 0.15) is 24.0 Å². The Morgan fingerprint density at radius 3 is 2.81 bits per heavy atom. The highest BCUT2D eigenvalue weighted by Crippen LogP contribution is 2.22. The molecule has 1 amide bonds. The topological polar surface area (TPSA) is 41.6 Å².